The van der Waals surface area contributed by atoms with Gasteiger partial charge in [-0.25, -0.2) is 0 Å². The van der Waals surface area contributed by atoms with Gasteiger partial charge in [0.05, 0.1) is 5.69 Å². The molecule has 2 aliphatic heterocycles. The van der Waals surface area contributed by atoms with Gasteiger partial charge in [-0.1, -0.05) is 6.92 Å². The zero-order valence-electron chi connectivity index (χ0n) is 15.7. The maximum Gasteiger partial charge on any atom is 0.223 e. The fourth-order valence-corrected chi connectivity index (χ4v) is 4.74. The van der Waals surface area contributed by atoms with E-state index >= 15 is 0 Å². The van der Waals surface area contributed by atoms with Gasteiger partial charge in [-0.15, -0.1) is 0 Å². The first-order valence-electron chi connectivity index (χ1n) is 9.55. The normalized spacial score (nSPS) is 24.9. The molecule has 2 aliphatic rings. The Bertz CT molecular complexity index is 594. The molecule has 2 atom stereocenters. The van der Waals surface area contributed by atoms with Gasteiger partial charge >= 0.3 is 0 Å². The highest BCUT2D eigenvalue weighted by molar-refractivity contribution is 5.77. The number of hydrogen-bond donors (Lipinski definition) is 0. The van der Waals surface area contributed by atoms with Crippen molar-refractivity contribution in [3.8, 4) is 0 Å². The average molecular weight is 332 g/mol. The van der Waals surface area contributed by atoms with Crippen LogP contribution >= 0.6 is 0 Å². The van der Waals surface area contributed by atoms with Crippen LogP contribution in [-0.4, -0.2) is 57.2 Å². The molecule has 3 rings (SSSR count). The minimum Gasteiger partial charge on any atom is -0.338 e. The van der Waals surface area contributed by atoms with Gasteiger partial charge < -0.3 is 4.90 Å². The smallest absolute Gasteiger partial charge is 0.223 e. The number of aryl methyl sites for hydroxylation is 2. The lowest BCUT2D eigenvalue weighted by atomic mass is 10.0. The van der Waals surface area contributed by atoms with Crippen LogP contribution in [0.15, 0.2) is 0 Å². The number of aromatic nitrogens is 2. The van der Waals surface area contributed by atoms with E-state index < -0.39 is 0 Å². The molecular formula is C19H32N4O. The van der Waals surface area contributed by atoms with Crippen molar-refractivity contribution in [3.63, 3.8) is 0 Å². The van der Waals surface area contributed by atoms with Crippen molar-refractivity contribution in [2.24, 2.45) is 7.05 Å². The minimum atomic E-state index is 0.336. The van der Waals surface area contributed by atoms with Crippen LogP contribution in [0, 0.1) is 13.8 Å². The molecule has 0 spiro atoms. The molecule has 2 fully saturated rings. The molecule has 3 heterocycles. The summed E-state index contributed by atoms with van der Waals surface area (Å²) < 4.78 is 1.92. The largest absolute Gasteiger partial charge is 0.338 e. The molecule has 0 saturated carbocycles. The summed E-state index contributed by atoms with van der Waals surface area (Å²) in [5.41, 5.74) is 3.50. The SMILES string of the molecule is CCN1CCC[C@@H]1[C@@H]1CCCN1C(=O)CCc1c(C)nn(C)c1C. The fourth-order valence-electron chi connectivity index (χ4n) is 4.74. The molecule has 0 unspecified atom stereocenters. The lowest BCUT2D eigenvalue weighted by Crippen LogP contribution is -2.48. The van der Waals surface area contributed by atoms with Crippen LogP contribution in [0.5, 0.6) is 0 Å². The van der Waals surface area contributed by atoms with Crippen LogP contribution in [0.3, 0.4) is 0 Å². The van der Waals surface area contributed by atoms with Crippen LogP contribution in [-0.2, 0) is 18.3 Å². The number of rotatable bonds is 5. The third-order valence-corrected chi connectivity index (χ3v) is 6.13. The summed E-state index contributed by atoms with van der Waals surface area (Å²) >= 11 is 0. The summed E-state index contributed by atoms with van der Waals surface area (Å²) in [6.07, 6.45) is 6.31. The average Bonchev–Trinajstić information content (AvgIpc) is 3.26. The predicted octanol–water partition coefficient (Wildman–Crippen LogP) is 2.44. The molecular weight excluding hydrogens is 300 g/mol. The molecule has 1 amide bonds. The van der Waals surface area contributed by atoms with Gasteiger partial charge in [-0.2, -0.15) is 5.10 Å². The Labute approximate surface area is 146 Å². The Morgan fingerprint density at radius 3 is 2.54 bits per heavy atom. The summed E-state index contributed by atoms with van der Waals surface area (Å²) in [5, 5.41) is 4.47. The lowest BCUT2D eigenvalue weighted by Gasteiger charge is -2.34. The Morgan fingerprint density at radius 2 is 1.88 bits per heavy atom. The van der Waals surface area contributed by atoms with E-state index in [4.69, 9.17) is 0 Å². The molecule has 0 aliphatic carbocycles. The monoisotopic (exact) mass is 332 g/mol. The Balaban J connectivity index is 1.63. The summed E-state index contributed by atoms with van der Waals surface area (Å²) in [5.74, 6) is 0.336. The highest BCUT2D eigenvalue weighted by atomic mass is 16.2. The Kier molecular flexibility index (Phi) is 5.28. The van der Waals surface area contributed by atoms with Crippen molar-refractivity contribution in [3.05, 3.63) is 17.0 Å². The molecule has 1 aromatic heterocycles. The molecule has 24 heavy (non-hydrogen) atoms. The van der Waals surface area contributed by atoms with Crippen LogP contribution in [0.2, 0.25) is 0 Å². The van der Waals surface area contributed by atoms with E-state index in [0.717, 1.165) is 31.6 Å². The van der Waals surface area contributed by atoms with E-state index in [0.29, 0.717) is 24.4 Å². The second-order valence-electron chi connectivity index (χ2n) is 7.41. The Morgan fingerprint density at radius 1 is 1.17 bits per heavy atom. The number of likely N-dealkylation sites (tertiary alicyclic amines) is 2. The summed E-state index contributed by atoms with van der Waals surface area (Å²) in [6, 6.07) is 1.03. The fraction of sp³-hybridized carbons (Fsp3) is 0.789. The van der Waals surface area contributed by atoms with E-state index in [1.165, 1.54) is 37.1 Å². The van der Waals surface area contributed by atoms with Gasteiger partial charge in [0.25, 0.3) is 0 Å². The molecule has 5 heteroatoms. The van der Waals surface area contributed by atoms with Gasteiger partial charge in [-0.3, -0.25) is 14.4 Å². The first-order valence-corrected chi connectivity index (χ1v) is 9.55. The standard InChI is InChI=1S/C19H32N4O/c1-5-22-12-6-8-17(22)18-9-7-13-23(18)19(24)11-10-16-14(2)20-21(4)15(16)3/h17-18H,5-13H2,1-4H3/t17-,18+/m1/s1. The van der Waals surface area contributed by atoms with E-state index in [-0.39, 0.29) is 0 Å². The third kappa shape index (κ3) is 3.23. The van der Waals surface area contributed by atoms with Gasteiger partial charge in [0.1, 0.15) is 0 Å². The van der Waals surface area contributed by atoms with Crippen molar-refractivity contribution >= 4 is 5.91 Å². The van der Waals surface area contributed by atoms with Gasteiger partial charge in [0.15, 0.2) is 0 Å². The van der Waals surface area contributed by atoms with Crippen LogP contribution in [0.4, 0.5) is 0 Å². The zero-order chi connectivity index (χ0) is 17.3. The summed E-state index contributed by atoms with van der Waals surface area (Å²) in [4.78, 5) is 17.7. The number of carbonyl (C=O) groups is 1. The van der Waals surface area contributed by atoms with Crippen LogP contribution in [0.25, 0.3) is 0 Å². The van der Waals surface area contributed by atoms with E-state index in [1.54, 1.807) is 0 Å². The van der Waals surface area contributed by atoms with E-state index in [9.17, 15) is 4.79 Å². The lowest BCUT2D eigenvalue weighted by molar-refractivity contribution is -0.133. The highest BCUT2D eigenvalue weighted by Crippen LogP contribution is 2.30. The molecule has 0 N–H and O–H groups in total. The molecule has 5 nitrogen and oxygen atoms in total. The number of amides is 1. The topological polar surface area (TPSA) is 41.4 Å². The maximum absolute atomic E-state index is 12.9. The van der Waals surface area contributed by atoms with Crippen LogP contribution < -0.4 is 0 Å². The van der Waals surface area contributed by atoms with E-state index in [1.807, 2.05) is 18.7 Å². The first-order chi connectivity index (χ1) is 11.5. The molecule has 0 bridgehead atoms. The molecule has 134 valence electrons. The number of hydrogen-bond acceptors (Lipinski definition) is 3. The Hall–Kier alpha value is -1.36. The molecule has 2 saturated heterocycles. The molecule has 0 radical (unpaired) electrons. The quantitative estimate of drug-likeness (QED) is 0.832. The zero-order valence-corrected chi connectivity index (χ0v) is 15.7. The van der Waals surface area contributed by atoms with Crippen molar-refractivity contribution < 1.29 is 4.79 Å². The molecule has 0 aromatic carbocycles. The maximum atomic E-state index is 12.9. The van der Waals surface area contributed by atoms with Gasteiger partial charge in [0, 0.05) is 37.8 Å². The van der Waals surface area contributed by atoms with Crippen molar-refractivity contribution in [2.75, 3.05) is 19.6 Å². The summed E-state index contributed by atoms with van der Waals surface area (Å²) in [6.45, 7) is 9.64. The number of nitrogens with zero attached hydrogens (tertiary/aromatic N) is 4. The number of carbonyl (C=O) groups excluding carboxylic acids is 1. The number of likely N-dealkylation sites (N-methyl/N-ethyl adjacent to an activating group) is 1. The first kappa shape index (κ1) is 17.5. The predicted molar refractivity (Wildman–Crippen MR) is 96.0 cm³/mol. The third-order valence-electron chi connectivity index (χ3n) is 6.13. The van der Waals surface area contributed by atoms with Crippen molar-refractivity contribution in [1.29, 1.82) is 0 Å². The second-order valence-corrected chi connectivity index (χ2v) is 7.41. The minimum absolute atomic E-state index is 0.336. The van der Waals surface area contributed by atoms with Crippen molar-refractivity contribution in [1.82, 2.24) is 19.6 Å². The summed E-state index contributed by atoms with van der Waals surface area (Å²) in [7, 11) is 1.98. The molecule has 1 aromatic rings. The van der Waals surface area contributed by atoms with Gasteiger partial charge in [0.2, 0.25) is 5.91 Å². The van der Waals surface area contributed by atoms with Gasteiger partial charge in [-0.05, 0) is 64.6 Å². The second kappa shape index (κ2) is 7.26. The van der Waals surface area contributed by atoms with Crippen LogP contribution in [0.1, 0.15) is 56.0 Å². The highest BCUT2D eigenvalue weighted by Gasteiger charge is 2.38. The van der Waals surface area contributed by atoms with Crippen molar-refractivity contribution in [2.45, 2.75) is 71.4 Å². The van der Waals surface area contributed by atoms with E-state index in [2.05, 4.69) is 28.7 Å².